The number of nitrogens with one attached hydrogen (secondary N) is 1. The van der Waals surface area contributed by atoms with Crippen molar-refractivity contribution >= 4 is 23.1 Å². The SMILES string of the molecule is Cc1ccc(NC(=O)N(C2CCCCC2)C(C)c2cccs2)cc1C. The van der Waals surface area contributed by atoms with Crippen LogP contribution in [0.4, 0.5) is 10.5 Å². The lowest BCUT2D eigenvalue weighted by atomic mass is 9.93. The first-order valence-electron chi connectivity index (χ1n) is 9.26. The van der Waals surface area contributed by atoms with Gasteiger partial charge < -0.3 is 10.2 Å². The zero-order valence-corrected chi connectivity index (χ0v) is 16.2. The zero-order chi connectivity index (χ0) is 17.8. The van der Waals surface area contributed by atoms with Crippen molar-refractivity contribution in [2.24, 2.45) is 0 Å². The molecule has 0 radical (unpaired) electrons. The molecule has 2 aromatic rings. The highest BCUT2D eigenvalue weighted by molar-refractivity contribution is 7.10. The quantitative estimate of drug-likeness (QED) is 0.685. The molecule has 0 spiro atoms. The lowest BCUT2D eigenvalue weighted by Crippen LogP contribution is -2.45. The molecule has 0 saturated heterocycles. The summed E-state index contributed by atoms with van der Waals surface area (Å²) in [6, 6.07) is 10.8. The van der Waals surface area contributed by atoms with Crippen LogP contribution >= 0.6 is 11.3 Å². The van der Waals surface area contributed by atoms with Gasteiger partial charge in [0.1, 0.15) is 0 Å². The predicted octanol–water partition coefficient (Wildman–Crippen LogP) is 6.29. The maximum Gasteiger partial charge on any atom is 0.322 e. The van der Waals surface area contributed by atoms with Crippen molar-refractivity contribution in [2.45, 2.75) is 65.0 Å². The topological polar surface area (TPSA) is 32.3 Å². The number of amides is 2. The van der Waals surface area contributed by atoms with Gasteiger partial charge in [0.05, 0.1) is 6.04 Å². The van der Waals surface area contributed by atoms with Crippen molar-refractivity contribution in [2.75, 3.05) is 5.32 Å². The molecule has 1 aliphatic rings. The molecule has 25 heavy (non-hydrogen) atoms. The smallest absolute Gasteiger partial charge is 0.314 e. The fourth-order valence-electron chi connectivity index (χ4n) is 3.69. The van der Waals surface area contributed by atoms with E-state index in [0.717, 1.165) is 18.5 Å². The van der Waals surface area contributed by atoms with Gasteiger partial charge in [-0.3, -0.25) is 0 Å². The summed E-state index contributed by atoms with van der Waals surface area (Å²) >= 11 is 1.73. The average Bonchev–Trinajstić information content (AvgIpc) is 3.14. The largest absolute Gasteiger partial charge is 0.322 e. The molecule has 3 rings (SSSR count). The van der Waals surface area contributed by atoms with E-state index in [-0.39, 0.29) is 12.1 Å². The first kappa shape index (κ1) is 18.0. The highest BCUT2D eigenvalue weighted by Crippen LogP contribution is 2.32. The second-order valence-corrected chi connectivity index (χ2v) is 8.10. The Bertz CT molecular complexity index is 705. The first-order chi connectivity index (χ1) is 12.1. The molecule has 1 fully saturated rings. The Hall–Kier alpha value is -1.81. The van der Waals surface area contributed by atoms with Crippen molar-refractivity contribution in [1.29, 1.82) is 0 Å². The third-order valence-electron chi connectivity index (χ3n) is 5.33. The molecule has 134 valence electrons. The molecule has 0 aliphatic heterocycles. The van der Waals surface area contributed by atoms with Crippen molar-refractivity contribution in [3.8, 4) is 0 Å². The number of hydrogen-bond donors (Lipinski definition) is 1. The molecule has 3 nitrogen and oxygen atoms in total. The summed E-state index contributed by atoms with van der Waals surface area (Å²) in [6.45, 7) is 6.33. The van der Waals surface area contributed by atoms with Crippen LogP contribution in [0.15, 0.2) is 35.7 Å². The second kappa shape index (κ2) is 8.05. The molecule has 2 amide bonds. The summed E-state index contributed by atoms with van der Waals surface area (Å²) in [5.41, 5.74) is 3.33. The van der Waals surface area contributed by atoms with Gasteiger partial charge in [-0.25, -0.2) is 4.79 Å². The van der Waals surface area contributed by atoms with E-state index in [1.165, 1.54) is 35.3 Å². The van der Waals surface area contributed by atoms with E-state index >= 15 is 0 Å². The van der Waals surface area contributed by atoms with Gasteiger partial charge in [0, 0.05) is 16.6 Å². The standard InChI is InChI=1S/C21H28N2OS/c1-15-11-12-18(14-16(15)2)22-21(24)23(19-8-5-4-6-9-19)17(3)20-10-7-13-25-20/h7,10-14,17,19H,4-6,8-9H2,1-3H3,(H,22,24). The van der Waals surface area contributed by atoms with Crippen LogP contribution < -0.4 is 5.32 Å². The number of rotatable bonds is 4. The van der Waals surface area contributed by atoms with Gasteiger partial charge in [-0.05, 0) is 68.3 Å². The van der Waals surface area contributed by atoms with E-state index in [1.54, 1.807) is 11.3 Å². The minimum Gasteiger partial charge on any atom is -0.314 e. The maximum absolute atomic E-state index is 13.2. The van der Waals surface area contributed by atoms with Gasteiger partial charge in [-0.15, -0.1) is 11.3 Å². The van der Waals surface area contributed by atoms with E-state index in [1.807, 2.05) is 6.07 Å². The Kier molecular flexibility index (Phi) is 5.79. The molecular weight excluding hydrogens is 328 g/mol. The predicted molar refractivity (Wildman–Crippen MR) is 106 cm³/mol. The average molecular weight is 357 g/mol. The van der Waals surface area contributed by atoms with E-state index < -0.39 is 0 Å². The van der Waals surface area contributed by atoms with E-state index in [9.17, 15) is 4.79 Å². The van der Waals surface area contributed by atoms with Gasteiger partial charge in [0.15, 0.2) is 0 Å². The van der Waals surface area contributed by atoms with Crippen molar-refractivity contribution in [1.82, 2.24) is 4.90 Å². The molecule has 1 heterocycles. The van der Waals surface area contributed by atoms with Crippen LogP contribution in [-0.4, -0.2) is 17.0 Å². The summed E-state index contributed by atoms with van der Waals surface area (Å²) < 4.78 is 0. The molecular formula is C21H28N2OS. The van der Waals surface area contributed by atoms with Crippen molar-refractivity contribution in [3.05, 3.63) is 51.7 Å². The van der Waals surface area contributed by atoms with Crippen molar-refractivity contribution < 1.29 is 4.79 Å². The lowest BCUT2D eigenvalue weighted by molar-refractivity contribution is 0.140. The van der Waals surface area contributed by atoms with Crippen LogP contribution in [-0.2, 0) is 0 Å². The third kappa shape index (κ3) is 4.24. The molecule has 0 bridgehead atoms. The van der Waals surface area contributed by atoms with Gasteiger partial charge >= 0.3 is 6.03 Å². The van der Waals surface area contributed by atoms with E-state index in [4.69, 9.17) is 0 Å². The van der Waals surface area contributed by atoms with Gasteiger partial charge in [0.2, 0.25) is 0 Å². The van der Waals surface area contributed by atoms with Crippen LogP contribution in [0.2, 0.25) is 0 Å². The highest BCUT2D eigenvalue weighted by Gasteiger charge is 2.30. The number of aryl methyl sites for hydroxylation is 2. The van der Waals surface area contributed by atoms with E-state index in [2.05, 4.69) is 60.6 Å². The molecule has 1 aromatic carbocycles. The normalized spacial score (nSPS) is 16.4. The minimum atomic E-state index is 0.0241. The lowest BCUT2D eigenvalue weighted by Gasteiger charge is -2.38. The van der Waals surface area contributed by atoms with Crippen LogP contribution in [0.25, 0.3) is 0 Å². The Morgan fingerprint density at radius 3 is 2.56 bits per heavy atom. The molecule has 1 aliphatic carbocycles. The fraction of sp³-hybridized carbons (Fsp3) is 0.476. The first-order valence-corrected chi connectivity index (χ1v) is 10.1. The fourth-order valence-corrected chi connectivity index (χ4v) is 4.47. The summed E-state index contributed by atoms with van der Waals surface area (Å²) in [5, 5.41) is 5.23. The summed E-state index contributed by atoms with van der Waals surface area (Å²) in [4.78, 5) is 16.5. The highest BCUT2D eigenvalue weighted by atomic mass is 32.1. The number of carbonyl (C=O) groups is 1. The number of nitrogens with zero attached hydrogens (tertiary/aromatic N) is 1. The number of hydrogen-bond acceptors (Lipinski definition) is 2. The van der Waals surface area contributed by atoms with Crippen LogP contribution in [0, 0.1) is 13.8 Å². The number of thiophene rings is 1. The number of urea groups is 1. The monoisotopic (exact) mass is 356 g/mol. The van der Waals surface area contributed by atoms with Gasteiger partial charge in [0.25, 0.3) is 0 Å². The molecule has 1 atom stereocenters. The Morgan fingerprint density at radius 2 is 1.92 bits per heavy atom. The van der Waals surface area contributed by atoms with Crippen LogP contribution in [0.5, 0.6) is 0 Å². The minimum absolute atomic E-state index is 0.0241. The summed E-state index contributed by atoms with van der Waals surface area (Å²) in [7, 11) is 0. The van der Waals surface area contributed by atoms with Gasteiger partial charge in [-0.1, -0.05) is 31.4 Å². The molecule has 4 heteroatoms. The Morgan fingerprint density at radius 1 is 1.16 bits per heavy atom. The summed E-state index contributed by atoms with van der Waals surface area (Å²) in [5.74, 6) is 0. The second-order valence-electron chi connectivity index (χ2n) is 7.12. The number of carbonyl (C=O) groups excluding carboxylic acids is 1. The molecule has 1 aromatic heterocycles. The molecule has 1 N–H and O–H groups in total. The summed E-state index contributed by atoms with van der Waals surface area (Å²) in [6.07, 6.45) is 5.94. The number of anilines is 1. The van der Waals surface area contributed by atoms with E-state index in [0.29, 0.717) is 6.04 Å². The van der Waals surface area contributed by atoms with Gasteiger partial charge in [-0.2, -0.15) is 0 Å². The maximum atomic E-state index is 13.2. The zero-order valence-electron chi connectivity index (χ0n) is 15.4. The van der Waals surface area contributed by atoms with Crippen LogP contribution in [0.1, 0.15) is 61.1 Å². The number of benzene rings is 1. The third-order valence-corrected chi connectivity index (χ3v) is 6.38. The van der Waals surface area contributed by atoms with Crippen LogP contribution in [0.3, 0.4) is 0 Å². The Labute approximate surface area is 155 Å². The molecule has 1 unspecified atom stereocenters. The Balaban J connectivity index is 1.82. The van der Waals surface area contributed by atoms with Crippen molar-refractivity contribution in [3.63, 3.8) is 0 Å². The molecule has 1 saturated carbocycles.